The van der Waals surface area contributed by atoms with Gasteiger partial charge in [0.1, 0.15) is 11.5 Å². The minimum absolute atomic E-state index is 0.0439. The average molecular weight is 352 g/mol. The highest BCUT2D eigenvalue weighted by Crippen LogP contribution is 2.26. The number of hydrogen-bond acceptors (Lipinski definition) is 4. The zero-order valence-corrected chi connectivity index (χ0v) is 14.3. The Hall–Kier alpha value is -3.12. The third-order valence-electron chi connectivity index (χ3n) is 3.69. The van der Waals surface area contributed by atoms with E-state index in [1.807, 2.05) is 30.3 Å². The van der Waals surface area contributed by atoms with Gasteiger partial charge < -0.3 is 15.2 Å². The van der Waals surface area contributed by atoms with E-state index >= 15 is 0 Å². The Bertz CT molecular complexity index is 956. The number of carbonyl (C=O) groups excluding carboxylic acids is 1. The van der Waals surface area contributed by atoms with Crippen molar-refractivity contribution in [2.75, 3.05) is 12.4 Å². The molecule has 3 rings (SSSR count). The first-order valence-electron chi connectivity index (χ1n) is 7.55. The van der Waals surface area contributed by atoms with Crippen molar-refractivity contribution >= 4 is 39.7 Å². The number of methoxy groups -OCH3 is 1. The van der Waals surface area contributed by atoms with Crippen molar-refractivity contribution in [2.24, 2.45) is 0 Å². The maximum atomic E-state index is 12.6. The number of hydrogen-bond donors (Lipinski definition) is 3. The summed E-state index contributed by atoms with van der Waals surface area (Å²) in [5, 5.41) is 17.1. The molecule has 0 atom stereocenters. The van der Waals surface area contributed by atoms with Gasteiger partial charge in [-0.25, -0.2) is 0 Å². The molecule has 0 aliphatic heterocycles. The van der Waals surface area contributed by atoms with E-state index in [4.69, 9.17) is 17.0 Å². The van der Waals surface area contributed by atoms with Crippen LogP contribution in [0.25, 0.3) is 10.8 Å². The molecule has 0 fully saturated rings. The number of aromatic hydroxyl groups is 1. The van der Waals surface area contributed by atoms with Crippen molar-refractivity contribution in [3.63, 3.8) is 0 Å². The molecule has 0 aliphatic carbocycles. The first-order chi connectivity index (χ1) is 12.1. The summed E-state index contributed by atoms with van der Waals surface area (Å²) in [6.07, 6.45) is 0. The Labute approximate surface area is 150 Å². The Morgan fingerprint density at radius 2 is 1.68 bits per heavy atom. The van der Waals surface area contributed by atoms with Gasteiger partial charge in [0, 0.05) is 0 Å². The van der Waals surface area contributed by atoms with Crippen molar-refractivity contribution in [3.8, 4) is 11.5 Å². The molecule has 0 unspecified atom stereocenters. The largest absolute Gasteiger partial charge is 0.506 e. The van der Waals surface area contributed by atoms with Gasteiger partial charge in [-0.05, 0) is 47.3 Å². The number of rotatable bonds is 3. The topological polar surface area (TPSA) is 70.6 Å². The van der Waals surface area contributed by atoms with Crippen molar-refractivity contribution in [3.05, 3.63) is 66.2 Å². The fourth-order valence-corrected chi connectivity index (χ4v) is 2.67. The number of phenolic OH excluding ortho intramolecular Hbond substituents is 1. The maximum Gasteiger partial charge on any atom is 0.261 e. The van der Waals surface area contributed by atoms with Crippen molar-refractivity contribution in [1.82, 2.24) is 5.32 Å². The van der Waals surface area contributed by atoms with E-state index in [0.29, 0.717) is 17.0 Å². The van der Waals surface area contributed by atoms with E-state index in [-0.39, 0.29) is 10.9 Å². The van der Waals surface area contributed by atoms with Crippen LogP contribution in [0.1, 0.15) is 10.4 Å². The lowest BCUT2D eigenvalue weighted by atomic mass is 10.1. The van der Waals surface area contributed by atoms with Crippen LogP contribution in [0, 0.1) is 0 Å². The molecule has 25 heavy (non-hydrogen) atoms. The second-order valence-corrected chi connectivity index (χ2v) is 5.73. The highest BCUT2D eigenvalue weighted by molar-refractivity contribution is 7.80. The van der Waals surface area contributed by atoms with E-state index in [1.54, 1.807) is 24.3 Å². The van der Waals surface area contributed by atoms with Crippen LogP contribution in [-0.4, -0.2) is 23.2 Å². The summed E-state index contributed by atoms with van der Waals surface area (Å²) in [5.74, 6) is 0.111. The normalized spacial score (nSPS) is 10.3. The molecule has 0 radical (unpaired) electrons. The van der Waals surface area contributed by atoms with Gasteiger partial charge in [0.2, 0.25) is 0 Å². The van der Waals surface area contributed by atoms with Gasteiger partial charge in [-0.1, -0.05) is 36.4 Å². The second-order valence-electron chi connectivity index (χ2n) is 5.33. The smallest absolute Gasteiger partial charge is 0.261 e. The van der Waals surface area contributed by atoms with Gasteiger partial charge in [-0.3, -0.25) is 10.1 Å². The molecular weight excluding hydrogens is 336 g/mol. The summed E-state index contributed by atoms with van der Waals surface area (Å²) in [4.78, 5) is 12.6. The molecule has 0 saturated carbocycles. The Kier molecular flexibility index (Phi) is 4.81. The Balaban J connectivity index is 1.82. The van der Waals surface area contributed by atoms with Crippen LogP contribution in [-0.2, 0) is 0 Å². The third-order valence-corrected chi connectivity index (χ3v) is 3.90. The predicted octanol–water partition coefficient (Wildman–Crippen LogP) is 3.68. The summed E-state index contributed by atoms with van der Waals surface area (Å²) in [6.45, 7) is 0. The van der Waals surface area contributed by atoms with Crippen LogP contribution in [0.15, 0.2) is 60.7 Å². The summed E-state index contributed by atoms with van der Waals surface area (Å²) in [7, 11) is 1.51. The zero-order valence-electron chi connectivity index (χ0n) is 13.4. The molecule has 6 heteroatoms. The number of fused-ring (bicyclic) bond motifs is 1. The molecule has 1 amide bonds. The fourth-order valence-electron chi connectivity index (χ4n) is 2.47. The van der Waals surface area contributed by atoms with Crippen LogP contribution >= 0.6 is 12.2 Å². The van der Waals surface area contributed by atoms with Gasteiger partial charge in [0.05, 0.1) is 18.4 Å². The number of benzene rings is 3. The lowest BCUT2D eigenvalue weighted by molar-refractivity contribution is 0.0975. The standard InChI is InChI=1S/C19H16N2O3S/c1-24-17-11-13-7-3-2-6-12(13)10-14(17)18(23)21-19(25)20-15-8-4-5-9-16(15)22/h2-11,22H,1H3,(H2,20,21,23,25). The van der Waals surface area contributed by atoms with E-state index in [2.05, 4.69) is 10.6 Å². The molecule has 126 valence electrons. The molecular formula is C19H16N2O3S. The fraction of sp³-hybridized carbons (Fsp3) is 0.0526. The summed E-state index contributed by atoms with van der Waals surface area (Å²) in [5.41, 5.74) is 0.793. The number of phenols is 1. The quantitative estimate of drug-likeness (QED) is 0.495. The number of para-hydroxylation sites is 2. The SMILES string of the molecule is COc1cc2ccccc2cc1C(=O)NC(=S)Nc1ccccc1O. The molecule has 0 saturated heterocycles. The number of thiocarbonyl (C=S) groups is 1. The Morgan fingerprint density at radius 3 is 2.36 bits per heavy atom. The van der Waals surface area contributed by atoms with Gasteiger partial charge in [0.15, 0.2) is 5.11 Å². The van der Waals surface area contributed by atoms with Crippen LogP contribution in [0.3, 0.4) is 0 Å². The molecule has 3 aromatic carbocycles. The Morgan fingerprint density at radius 1 is 1.04 bits per heavy atom. The zero-order chi connectivity index (χ0) is 17.8. The van der Waals surface area contributed by atoms with Gasteiger partial charge in [0.25, 0.3) is 5.91 Å². The van der Waals surface area contributed by atoms with Crippen molar-refractivity contribution < 1.29 is 14.6 Å². The molecule has 3 N–H and O–H groups in total. The maximum absolute atomic E-state index is 12.6. The third kappa shape index (κ3) is 3.70. The van der Waals surface area contributed by atoms with Gasteiger partial charge >= 0.3 is 0 Å². The number of carbonyl (C=O) groups is 1. The van der Waals surface area contributed by atoms with Gasteiger partial charge in [-0.2, -0.15) is 0 Å². The summed E-state index contributed by atoms with van der Waals surface area (Å²) >= 11 is 5.15. The monoisotopic (exact) mass is 352 g/mol. The number of nitrogens with one attached hydrogen (secondary N) is 2. The molecule has 0 spiro atoms. The number of anilines is 1. The average Bonchev–Trinajstić information content (AvgIpc) is 2.62. The van der Waals surface area contributed by atoms with Crippen LogP contribution < -0.4 is 15.4 Å². The van der Waals surface area contributed by atoms with Crippen LogP contribution in [0.5, 0.6) is 11.5 Å². The molecule has 3 aromatic rings. The van der Waals surface area contributed by atoms with Crippen molar-refractivity contribution in [1.29, 1.82) is 0 Å². The lowest BCUT2D eigenvalue weighted by Gasteiger charge is -2.13. The van der Waals surface area contributed by atoms with E-state index in [0.717, 1.165) is 10.8 Å². The lowest BCUT2D eigenvalue weighted by Crippen LogP contribution is -2.34. The van der Waals surface area contributed by atoms with E-state index in [9.17, 15) is 9.90 Å². The predicted molar refractivity (Wildman–Crippen MR) is 102 cm³/mol. The minimum atomic E-state index is -0.393. The highest BCUT2D eigenvalue weighted by atomic mass is 32.1. The molecule has 0 bridgehead atoms. The highest BCUT2D eigenvalue weighted by Gasteiger charge is 2.15. The van der Waals surface area contributed by atoms with Crippen LogP contribution in [0.4, 0.5) is 5.69 Å². The molecule has 5 nitrogen and oxygen atoms in total. The van der Waals surface area contributed by atoms with Crippen LogP contribution in [0.2, 0.25) is 0 Å². The van der Waals surface area contributed by atoms with Crippen molar-refractivity contribution in [2.45, 2.75) is 0 Å². The number of amides is 1. The van der Waals surface area contributed by atoms with E-state index in [1.165, 1.54) is 13.2 Å². The summed E-state index contributed by atoms with van der Waals surface area (Å²) < 4.78 is 5.33. The molecule has 0 aromatic heterocycles. The number of ether oxygens (including phenoxy) is 1. The minimum Gasteiger partial charge on any atom is -0.506 e. The summed E-state index contributed by atoms with van der Waals surface area (Å²) in [6, 6.07) is 17.9. The molecule has 0 heterocycles. The van der Waals surface area contributed by atoms with Gasteiger partial charge in [-0.15, -0.1) is 0 Å². The molecule has 0 aliphatic rings. The first-order valence-corrected chi connectivity index (χ1v) is 7.96. The second kappa shape index (κ2) is 7.19. The first kappa shape index (κ1) is 16.7. The van der Waals surface area contributed by atoms with E-state index < -0.39 is 5.91 Å².